The van der Waals surface area contributed by atoms with Crippen LogP contribution in [0.4, 0.5) is 5.69 Å². The molecule has 0 saturated carbocycles. The van der Waals surface area contributed by atoms with Gasteiger partial charge in [-0.25, -0.2) is 0 Å². The molecule has 0 bridgehead atoms. The first-order valence-corrected chi connectivity index (χ1v) is 11.0. The van der Waals surface area contributed by atoms with Crippen LogP contribution in [0, 0.1) is 0 Å². The van der Waals surface area contributed by atoms with E-state index in [0.717, 1.165) is 37.7 Å². The van der Waals surface area contributed by atoms with E-state index in [1.807, 2.05) is 22.7 Å². The molecule has 1 saturated heterocycles. The lowest BCUT2D eigenvalue weighted by Gasteiger charge is -2.36. The third-order valence-corrected chi connectivity index (χ3v) is 6.16. The minimum absolute atomic E-state index is 0.297. The first kappa shape index (κ1) is 19.8. The van der Waals surface area contributed by atoms with E-state index >= 15 is 0 Å². The Balaban J connectivity index is 1.35. The average molecular weight is 383 g/mol. The van der Waals surface area contributed by atoms with Crippen molar-refractivity contribution in [1.82, 2.24) is 4.90 Å². The standard InChI is InChI=1S/C23H30N2OS/c1-19(2)21-10-8-20(9-11-21)18-27-17-12-23(26)25-15-13-24(14-16-25)22-6-4-3-5-7-22/h3-11,19H,12-18H2,1-2H3. The number of carbonyl (C=O) groups excluding carboxylic acids is 1. The van der Waals surface area contributed by atoms with Crippen molar-refractivity contribution in [3.05, 3.63) is 65.7 Å². The SMILES string of the molecule is CC(C)c1ccc(CSCCC(=O)N2CCN(c3ccccc3)CC2)cc1. The lowest BCUT2D eigenvalue weighted by Crippen LogP contribution is -2.48. The second-order valence-electron chi connectivity index (χ2n) is 7.40. The molecule has 0 N–H and O–H groups in total. The van der Waals surface area contributed by atoms with Crippen LogP contribution in [0.5, 0.6) is 0 Å². The van der Waals surface area contributed by atoms with Gasteiger partial charge in [-0.2, -0.15) is 11.8 Å². The molecule has 144 valence electrons. The van der Waals surface area contributed by atoms with E-state index in [-0.39, 0.29) is 0 Å². The maximum absolute atomic E-state index is 12.5. The number of hydrogen-bond donors (Lipinski definition) is 0. The molecule has 1 amide bonds. The molecule has 3 nitrogen and oxygen atoms in total. The molecular formula is C23H30N2OS. The number of rotatable bonds is 7. The number of anilines is 1. The van der Waals surface area contributed by atoms with Gasteiger partial charge in [0.15, 0.2) is 0 Å². The van der Waals surface area contributed by atoms with Gasteiger partial charge >= 0.3 is 0 Å². The minimum atomic E-state index is 0.297. The van der Waals surface area contributed by atoms with Crippen molar-refractivity contribution in [2.75, 3.05) is 36.8 Å². The van der Waals surface area contributed by atoms with Crippen LogP contribution < -0.4 is 4.90 Å². The second-order valence-corrected chi connectivity index (χ2v) is 8.51. The van der Waals surface area contributed by atoms with Crippen LogP contribution in [0.25, 0.3) is 0 Å². The van der Waals surface area contributed by atoms with Crippen molar-refractivity contribution in [3.8, 4) is 0 Å². The molecule has 1 fully saturated rings. The first-order valence-electron chi connectivity index (χ1n) is 9.88. The molecule has 1 heterocycles. The molecule has 3 rings (SSSR count). The van der Waals surface area contributed by atoms with E-state index in [9.17, 15) is 4.79 Å². The van der Waals surface area contributed by atoms with Crippen LogP contribution in [0.2, 0.25) is 0 Å². The van der Waals surface area contributed by atoms with E-state index in [0.29, 0.717) is 18.2 Å². The quantitative estimate of drug-likeness (QED) is 0.644. The van der Waals surface area contributed by atoms with Gasteiger partial charge in [-0.05, 0) is 29.2 Å². The number of para-hydroxylation sites is 1. The van der Waals surface area contributed by atoms with Gasteiger partial charge in [-0.15, -0.1) is 0 Å². The number of carbonyl (C=O) groups is 1. The summed E-state index contributed by atoms with van der Waals surface area (Å²) in [6, 6.07) is 19.3. The van der Waals surface area contributed by atoms with E-state index in [1.54, 1.807) is 0 Å². The molecule has 0 spiro atoms. The summed E-state index contributed by atoms with van der Waals surface area (Å²) in [6.07, 6.45) is 0.639. The Hall–Kier alpha value is -1.94. The van der Waals surface area contributed by atoms with Crippen molar-refractivity contribution in [3.63, 3.8) is 0 Å². The lowest BCUT2D eigenvalue weighted by molar-refractivity contribution is -0.131. The van der Waals surface area contributed by atoms with Crippen LogP contribution in [-0.4, -0.2) is 42.7 Å². The Kier molecular flexibility index (Phi) is 7.22. The number of hydrogen-bond acceptors (Lipinski definition) is 3. The largest absolute Gasteiger partial charge is 0.368 e. The smallest absolute Gasteiger partial charge is 0.223 e. The van der Waals surface area contributed by atoms with Gasteiger partial charge < -0.3 is 9.80 Å². The molecular weight excluding hydrogens is 352 g/mol. The van der Waals surface area contributed by atoms with E-state index in [4.69, 9.17) is 0 Å². The topological polar surface area (TPSA) is 23.6 Å². The fourth-order valence-corrected chi connectivity index (χ4v) is 4.25. The zero-order valence-corrected chi connectivity index (χ0v) is 17.3. The molecule has 0 atom stereocenters. The highest BCUT2D eigenvalue weighted by Gasteiger charge is 2.20. The Morgan fingerprint density at radius 2 is 1.63 bits per heavy atom. The van der Waals surface area contributed by atoms with E-state index in [2.05, 4.69) is 67.3 Å². The Bertz CT molecular complexity index is 707. The summed E-state index contributed by atoms with van der Waals surface area (Å²) in [4.78, 5) is 16.9. The number of thioether (sulfide) groups is 1. The molecule has 0 radical (unpaired) electrons. The lowest BCUT2D eigenvalue weighted by atomic mass is 10.0. The van der Waals surface area contributed by atoms with Crippen molar-refractivity contribution in [1.29, 1.82) is 0 Å². The van der Waals surface area contributed by atoms with Crippen molar-refractivity contribution < 1.29 is 4.79 Å². The summed E-state index contributed by atoms with van der Waals surface area (Å²) in [5, 5.41) is 0. The average Bonchev–Trinajstić information content (AvgIpc) is 2.72. The van der Waals surface area contributed by atoms with Gasteiger partial charge in [0.2, 0.25) is 5.91 Å². The summed E-state index contributed by atoms with van der Waals surface area (Å²) < 4.78 is 0. The number of benzene rings is 2. The van der Waals surface area contributed by atoms with Crippen LogP contribution in [0.1, 0.15) is 37.3 Å². The zero-order chi connectivity index (χ0) is 19.1. The fourth-order valence-electron chi connectivity index (χ4n) is 3.36. The highest BCUT2D eigenvalue weighted by molar-refractivity contribution is 7.98. The predicted molar refractivity (Wildman–Crippen MR) is 117 cm³/mol. The molecule has 2 aromatic carbocycles. The second kappa shape index (κ2) is 9.84. The summed E-state index contributed by atoms with van der Waals surface area (Å²) in [5.41, 5.74) is 3.98. The van der Waals surface area contributed by atoms with E-state index < -0.39 is 0 Å². The molecule has 27 heavy (non-hydrogen) atoms. The summed E-state index contributed by atoms with van der Waals surface area (Å²) in [5.74, 6) is 2.74. The van der Waals surface area contributed by atoms with Crippen LogP contribution >= 0.6 is 11.8 Å². The molecule has 1 aliphatic heterocycles. The van der Waals surface area contributed by atoms with Gasteiger partial charge in [0, 0.05) is 49.8 Å². The Morgan fingerprint density at radius 1 is 0.963 bits per heavy atom. The number of amides is 1. The van der Waals surface area contributed by atoms with Crippen LogP contribution in [0.15, 0.2) is 54.6 Å². The summed E-state index contributed by atoms with van der Waals surface area (Å²) in [6.45, 7) is 7.93. The zero-order valence-electron chi connectivity index (χ0n) is 16.4. The van der Waals surface area contributed by atoms with Gasteiger partial charge in [-0.3, -0.25) is 4.79 Å². The first-order chi connectivity index (χ1) is 13.1. The molecule has 2 aromatic rings. The van der Waals surface area contributed by atoms with Gasteiger partial charge in [0.25, 0.3) is 0 Å². The van der Waals surface area contributed by atoms with Crippen LogP contribution in [-0.2, 0) is 10.5 Å². The fraction of sp³-hybridized carbons (Fsp3) is 0.435. The highest BCUT2D eigenvalue weighted by Crippen LogP contribution is 2.19. The van der Waals surface area contributed by atoms with Crippen LogP contribution in [0.3, 0.4) is 0 Å². The Labute approximate surface area is 167 Å². The third-order valence-electron chi connectivity index (χ3n) is 5.13. The monoisotopic (exact) mass is 382 g/mol. The van der Waals surface area contributed by atoms with Crippen molar-refractivity contribution >= 4 is 23.4 Å². The molecule has 4 heteroatoms. The number of piperazine rings is 1. The maximum atomic E-state index is 12.5. The van der Waals surface area contributed by atoms with E-state index in [1.165, 1.54) is 16.8 Å². The molecule has 1 aliphatic rings. The molecule has 0 aromatic heterocycles. The number of nitrogens with zero attached hydrogens (tertiary/aromatic N) is 2. The predicted octanol–water partition coefficient (Wildman–Crippen LogP) is 4.78. The van der Waals surface area contributed by atoms with Crippen molar-refractivity contribution in [2.45, 2.75) is 31.9 Å². The third kappa shape index (κ3) is 5.77. The van der Waals surface area contributed by atoms with Gasteiger partial charge in [0.1, 0.15) is 0 Å². The summed E-state index contributed by atoms with van der Waals surface area (Å²) >= 11 is 1.85. The van der Waals surface area contributed by atoms with Crippen molar-refractivity contribution in [2.24, 2.45) is 0 Å². The summed E-state index contributed by atoms with van der Waals surface area (Å²) in [7, 11) is 0. The normalized spacial score (nSPS) is 14.6. The minimum Gasteiger partial charge on any atom is -0.368 e. The van der Waals surface area contributed by atoms with Gasteiger partial charge in [0.05, 0.1) is 0 Å². The molecule has 0 unspecified atom stereocenters. The Morgan fingerprint density at radius 3 is 2.26 bits per heavy atom. The molecule has 0 aliphatic carbocycles. The highest BCUT2D eigenvalue weighted by atomic mass is 32.2. The van der Waals surface area contributed by atoms with Gasteiger partial charge in [-0.1, -0.05) is 56.3 Å². The maximum Gasteiger partial charge on any atom is 0.223 e.